The normalized spacial score (nSPS) is 11.6. The summed E-state index contributed by atoms with van der Waals surface area (Å²) in [5.41, 5.74) is 4.13. The summed E-state index contributed by atoms with van der Waals surface area (Å²) in [6, 6.07) is 33.2. The van der Waals surface area contributed by atoms with E-state index in [1.165, 1.54) is 25.7 Å². The minimum atomic E-state index is 0.575. The Kier molecular flexibility index (Phi) is 33.2. The molecule has 3 heterocycles. The summed E-state index contributed by atoms with van der Waals surface area (Å²) in [7, 11) is 0. The van der Waals surface area contributed by atoms with E-state index in [1.807, 2.05) is 0 Å². The van der Waals surface area contributed by atoms with Gasteiger partial charge >= 0.3 is 0 Å². The summed E-state index contributed by atoms with van der Waals surface area (Å²) < 4.78 is 55.2. The van der Waals surface area contributed by atoms with E-state index in [0.29, 0.717) is 52.9 Å². The van der Waals surface area contributed by atoms with E-state index in [0.717, 1.165) is 333 Å². The van der Waals surface area contributed by atoms with Crippen LogP contribution in [-0.2, 0) is 0 Å². The summed E-state index contributed by atoms with van der Waals surface area (Å²) in [5, 5.41) is 14.7. The summed E-state index contributed by atoms with van der Waals surface area (Å²) in [4.78, 5) is 2.71. The predicted octanol–water partition coefficient (Wildman–Crippen LogP) is 28.3. The van der Waals surface area contributed by atoms with E-state index in [2.05, 4.69) is 199 Å². The summed E-state index contributed by atoms with van der Waals surface area (Å²) >= 11 is 3.21. The lowest BCUT2D eigenvalue weighted by molar-refractivity contribution is 0.259. The van der Waals surface area contributed by atoms with Crippen LogP contribution >= 0.6 is 22.7 Å². The van der Waals surface area contributed by atoms with Gasteiger partial charge in [0.05, 0.1) is 89.7 Å². The van der Waals surface area contributed by atoms with Gasteiger partial charge in [0, 0.05) is 10.9 Å². The minimum Gasteiger partial charge on any atom is -0.492 e. The monoisotopic (exact) mass is 1510 g/mol. The van der Waals surface area contributed by atoms with Gasteiger partial charge in [0.15, 0.2) is 23.0 Å². The molecule has 0 unspecified atom stereocenters. The zero-order chi connectivity index (χ0) is 76.5. The molecular weight excluding hydrogens is 1390 g/mol. The van der Waals surface area contributed by atoms with Crippen molar-refractivity contribution in [2.75, 3.05) is 52.9 Å². The van der Waals surface area contributed by atoms with Crippen LogP contribution in [0.1, 0.15) is 303 Å². The molecular formula is C100H120O8S2. The Labute approximate surface area is 666 Å². The van der Waals surface area contributed by atoms with Gasteiger partial charge in [-0.3, -0.25) is 0 Å². The highest BCUT2D eigenvalue weighted by molar-refractivity contribution is 7.13. The van der Waals surface area contributed by atoms with E-state index < -0.39 is 0 Å². The molecule has 12 bridgehead atoms. The Balaban J connectivity index is 1.15. The molecule has 110 heavy (non-hydrogen) atoms. The quantitative estimate of drug-likeness (QED) is 0.0212. The molecule has 0 aliphatic carbocycles. The smallest absolute Gasteiger partial charge is 0.161 e. The van der Waals surface area contributed by atoms with Crippen molar-refractivity contribution >= 4 is 87.3 Å². The topological polar surface area (TPSA) is 73.8 Å². The van der Waals surface area contributed by atoms with E-state index in [4.69, 9.17) is 37.9 Å². The van der Waals surface area contributed by atoms with Gasteiger partial charge < -0.3 is 37.9 Å². The maximum absolute atomic E-state index is 6.97. The largest absolute Gasteiger partial charge is 0.492 e. The Morgan fingerprint density at radius 1 is 0.209 bits per heavy atom. The Morgan fingerprint density at radius 3 is 0.664 bits per heavy atom. The molecule has 580 valence electrons. The molecule has 0 fully saturated rings. The Morgan fingerprint density at radius 2 is 0.418 bits per heavy atom. The lowest BCUT2D eigenvalue weighted by Gasteiger charge is -2.19. The fourth-order valence-electron chi connectivity index (χ4n) is 14.6. The molecule has 0 spiro atoms. The zero-order valence-electron chi connectivity index (χ0n) is 67.6. The van der Waals surface area contributed by atoms with E-state index in [1.54, 1.807) is 22.7 Å². The molecule has 11 rings (SSSR count). The van der Waals surface area contributed by atoms with Crippen molar-refractivity contribution in [2.24, 2.45) is 0 Å². The number of unbranched alkanes of at least 4 members (excludes halogenated alkanes) is 24. The molecule has 0 radical (unpaired) electrons. The van der Waals surface area contributed by atoms with Crippen LogP contribution in [0.3, 0.4) is 0 Å². The predicted molar refractivity (Wildman–Crippen MR) is 468 cm³/mol. The van der Waals surface area contributed by atoms with Crippen LogP contribution in [0.15, 0.2) is 96.4 Å². The third kappa shape index (κ3) is 22.8. The van der Waals surface area contributed by atoms with Gasteiger partial charge in [0.2, 0.25) is 0 Å². The molecule has 1 aliphatic heterocycles. The van der Waals surface area contributed by atoms with Crippen LogP contribution in [0, 0.1) is 47.4 Å². The highest BCUT2D eigenvalue weighted by Gasteiger charge is 2.23. The number of rotatable bonds is 48. The van der Waals surface area contributed by atoms with Gasteiger partial charge in [-0.2, -0.15) is 0 Å². The fourth-order valence-corrected chi connectivity index (χ4v) is 16.0. The first-order chi connectivity index (χ1) is 54.3. The second-order valence-corrected chi connectivity index (χ2v) is 31.9. The third-order valence-electron chi connectivity index (χ3n) is 20.9. The van der Waals surface area contributed by atoms with Crippen molar-refractivity contribution in [3.63, 3.8) is 0 Å². The second kappa shape index (κ2) is 44.4. The van der Waals surface area contributed by atoms with Crippen LogP contribution in [-0.4, -0.2) is 52.9 Å². The minimum absolute atomic E-state index is 0.575. The SMILES string of the molecule is CCCCCCOc1cc2c3cc1C#Cc1csc(c1)C#Cc1cc4c5cc(c(OCCCCCC)cc5c5cc(OCCCCCC)c(OCCCCCC)cc5c4cc1OCCCCCC)C#Cc1ccc(s1)C#Cc1cc3c(cc1OCCCCCC)c1cc(OCCCCCC)c(OCCCCCC)cc21. The van der Waals surface area contributed by atoms with Crippen LogP contribution in [0.2, 0.25) is 0 Å². The van der Waals surface area contributed by atoms with Crippen LogP contribution in [0.5, 0.6) is 46.0 Å². The first-order valence-electron chi connectivity index (χ1n) is 42.7. The Bertz CT molecular complexity index is 4320. The molecule has 8 nitrogen and oxygen atoms in total. The number of hydrogen-bond donors (Lipinski definition) is 0. The average Bonchev–Trinajstić information content (AvgIpc) is 0.762. The molecule has 1 aliphatic rings. The molecule has 0 saturated heterocycles. The number of ether oxygens (including phenoxy) is 8. The number of benzene rings is 8. The van der Waals surface area contributed by atoms with Crippen molar-refractivity contribution in [1.29, 1.82) is 0 Å². The molecule has 0 atom stereocenters. The maximum Gasteiger partial charge on any atom is 0.161 e. The van der Waals surface area contributed by atoms with Gasteiger partial charge in [0.25, 0.3) is 0 Å². The van der Waals surface area contributed by atoms with Gasteiger partial charge in [-0.05, 0) is 207 Å². The standard InChI is InChI=1S/C100H120O8S2/c1-9-17-25-33-51-101-93-64-85-81-60-74(93)42-41-73-59-80(109-72-73)48-45-77-63-84-83-62-76(95(103-53-35-27-19-11-3)66-87(83)91-70-99(107-57-39-31-23-15-7)100(108-58-40-32-24-16-8)71-92(91)88(84)67-96(77)104-54-36-28-20-12-4)44-47-79-50-49-78(110-79)46-43-75-61-82(81)86(65-94(75)102-52-34-26-18-10-2)90-69-98(106-56-38-30-22-14-6)97(68-89(85)90)105-55-37-29-21-13-5/h49-50,59-72H,9-40,51-58H2,1-8H3. The van der Waals surface area contributed by atoms with Gasteiger partial charge in [-0.15, -0.1) is 22.7 Å². The van der Waals surface area contributed by atoms with Crippen molar-refractivity contribution in [2.45, 2.75) is 261 Å². The molecule has 10 heteroatoms. The highest BCUT2D eigenvalue weighted by atomic mass is 32.1. The second-order valence-electron chi connectivity index (χ2n) is 29.9. The van der Waals surface area contributed by atoms with Gasteiger partial charge in [0.1, 0.15) is 23.0 Å². The van der Waals surface area contributed by atoms with Crippen LogP contribution in [0.25, 0.3) is 64.6 Å². The molecule has 0 amide bonds. The van der Waals surface area contributed by atoms with Crippen LogP contribution < -0.4 is 37.9 Å². The molecule has 0 saturated carbocycles. The van der Waals surface area contributed by atoms with Crippen molar-refractivity contribution < 1.29 is 37.9 Å². The first kappa shape index (κ1) is 82.3. The molecule has 0 N–H and O–H groups in total. The van der Waals surface area contributed by atoms with E-state index in [-0.39, 0.29) is 0 Å². The zero-order valence-corrected chi connectivity index (χ0v) is 69.2. The lowest BCUT2D eigenvalue weighted by Crippen LogP contribution is -2.04. The maximum atomic E-state index is 6.97. The van der Waals surface area contributed by atoms with Crippen molar-refractivity contribution in [3.05, 3.63) is 139 Å². The summed E-state index contributed by atoms with van der Waals surface area (Å²) in [6.07, 6.45) is 35.0. The van der Waals surface area contributed by atoms with Crippen molar-refractivity contribution in [3.8, 4) is 93.4 Å². The van der Waals surface area contributed by atoms with E-state index in [9.17, 15) is 0 Å². The Hall–Kier alpha value is -8.64. The van der Waals surface area contributed by atoms with Crippen molar-refractivity contribution in [1.82, 2.24) is 0 Å². The molecule has 10 aromatic rings. The van der Waals surface area contributed by atoms with Gasteiger partial charge in [-0.1, -0.05) is 257 Å². The molecule has 2 aromatic heterocycles. The van der Waals surface area contributed by atoms with Crippen LogP contribution in [0.4, 0.5) is 0 Å². The van der Waals surface area contributed by atoms with Gasteiger partial charge in [-0.25, -0.2) is 0 Å². The molecule has 8 aromatic carbocycles. The van der Waals surface area contributed by atoms with E-state index >= 15 is 0 Å². The number of hydrogen-bond acceptors (Lipinski definition) is 10. The fraction of sp³-hybridized carbons (Fsp3) is 0.480. The summed E-state index contributed by atoms with van der Waals surface area (Å²) in [6.45, 7) is 22.7. The third-order valence-corrected chi connectivity index (χ3v) is 22.7. The lowest BCUT2D eigenvalue weighted by atomic mass is 9.91. The highest BCUT2D eigenvalue weighted by Crippen LogP contribution is 2.48. The number of thiophene rings is 2. The average molecular weight is 1510 g/mol. The number of fused-ring (bicyclic) bond motifs is 14. The first-order valence-corrected chi connectivity index (χ1v) is 44.3. The summed E-state index contributed by atoms with van der Waals surface area (Å²) in [5.74, 6) is 35.5.